The molecule has 5 heteroatoms. The van der Waals surface area contributed by atoms with Crippen LogP contribution in [0.2, 0.25) is 0 Å². The van der Waals surface area contributed by atoms with Crippen molar-refractivity contribution in [3.8, 4) is 28.1 Å². The van der Waals surface area contributed by atoms with E-state index in [1.165, 1.54) is 11.1 Å². The summed E-state index contributed by atoms with van der Waals surface area (Å²) < 4.78 is 10.0. The van der Waals surface area contributed by atoms with E-state index in [1.807, 2.05) is 30.3 Å². The van der Waals surface area contributed by atoms with Gasteiger partial charge in [0.25, 0.3) is 5.91 Å². The molecule has 0 spiro atoms. The van der Waals surface area contributed by atoms with Gasteiger partial charge in [0.15, 0.2) is 0 Å². The average molecular weight is 476 g/mol. The van der Waals surface area contributed by atoms with Gasteiger partial charge in [0.05, 0.1) is 18.5 Å². The highest BCUT2D eigenvalue weighted by atomic mass is 16.5. The van der Waals surface area contributed by atoms with Crippen LogP contribution in [-0.2, 0) is 13.0 Å². The molecule has 0 radical (unpaired) electrons. The fraction of sp³-hybridized carbons (Fsp3) is 0.194. The smallest absolute Gasteiger partial charge is 0.273 e. The van der Waals surface area contributed by atoms with Crippen molar-refractivity contribution in [1.82, 2.24) is 8.97 Å². The summed E-state index contributed by atoms with van der Waals surface area (Å²) in [4.78, 5) is 14.1. The van der Waals surface area contributed by atoms with E-state index < -0.39 is 0 Å². The molecular formula is C31H29N3O2. The van der Waals surface area contributed by atoms with Gasteiger partial charge in [-0.25, -0.2) is 0 Å². The second-order valence-electron chi connectivity index (χ2n) is 9.41. The minimum Gasteiger partial charge on any atom is -0.495 e. The molecule has 1 amide bonds. The van der Waals surface area contributed by atoms with Crippen molar-refractivity contribution in [1.29, 1.82) is 0 Å². The van der Waals surface area contributed by atoms with Crippen LogP contribution >= 0.6 is 0 Å². The van der Waals surface area contributed by atoms with E-state index in [9.17, 15) is 4.79 Å². The summed E-state index contributed by atoms with van der Waals surface area (Å²) in [6.45, 7) is 3.02. The Morgan fingerprint density at radius 2 is 1.64 bits per heavy atom. The van der Waals surface area contributed by atoms with E-state index in [2.05, 4.69) is 75.9 Å². The van der Waals surface area contributed by atoms with Gasteiger partial charge in [-0.2, -0.15) is 0 Å². The van der Waals surface area contributed by atoms with E-state index in [0.29, 0.717) is 17.1 Å². The number of amides is 1. The number of anilines is 1. The first-order chi connectivity index (χ1) is 17.7. The van der Waals surface area contributed by atoms with Crippen LogP contribution in [0, 0.1) is 6.92 Å². The SMILES string of the molecule is COc1ccccc1NC(=O)c1c(-c2ccc(C)cc2)c2c3n(c(-c4ccccc4)cn13)CCCC2. The third-order valence-corrected chi connectivity index (χ3v) is 7.11. The van der Waals surface area contributed by atoms with E-state index in [-0.39, 0.29) is 5.91 Å². The highest BCUT2D eigenvalue weighted by molar-refractivity contribution is 6.10. The standard InChI is InChI=1S/C31H29N3O2/c1-21-15-17-23(18-16-21)28-24-12-8-9-19-33-26(22-10-4-3-5-11-22)20-34(31(24)33)29(28)30(35)32-25-13-6-7-14-27(25)36-2/h3-7,10-11,13-18,20H,8-9,12,19H2,1-2H3,(H,32,35). The second-order valence-corrected chi connectivity index (χ2v) is 9.41. The number of ether oxygens (including phenoxy) is 1. The summed E-state index contributed by atoms with van der Waals surface area (Å²) in [5.41, 5.74) is 9.25. The number of rotatable bonds is 5. The fourth-order valence-corrected chi connectivity index (χ4v) is 5.41. The Labute approximate surface area is 211 Å². The molecular weight excluding hydrogens is 446 g/mol. The molecule has 1 aliphatic rings. The number of para-hydroxylation sites is 2. The van der Waals surface area contributed by atoms with Crippen molar-refractivity contribution in [2.24, 2.45) is 0 Å². The zero-order valence-corrected chi connectivity index (χ0v) is 20.6. The molecule has 1 N–H and O–H groups in total. The number of nitrogens with zero attached hydrogens (tertiary/aromatic N) is 2. The van der Waals surface area contributed by atoms with Gasteiger partial charge in [0.2, 0.25) is 0 Å². The molecule has 36 heavy (non-hydrogen) atoms. The molecule has 1 aliphatic heterocycles. The lowest BCUT2D eigenvalue weighted by molar-refractivity contribution is 0.102. The number of aromatic nitrogens is 2. The molecule has 180 valence electrons. The van der Waals surface area contributed by atoms with Gasteiger partial charge >= 0.3 is 0 Å². The largest absolute Gasteiger partial charge is 0.495 e. The van der Waals surface area contributed by atoms with E-state index in [0.717, 1.165) is 53.8 Å². The molecule has 5 aromatic rings. The van der Waals surface area contributed by atoms with Crippen molar-refractivity contribution >= 4 is 17.2 Å². The number of nitrogens with one attached hydrogen (secondary N) is 1. The number of imidazole rings is 1. The van der Waals surface area contributed by atoms with Gasteiger partial charge in [0, 0.05) is 23.9 Å². The van der Waals surface area contributed by atoms with Crippen LogP contribution in [0.3, 0.4) is 0 Å². The van der Waals surface area contributed by atoms with Gasteiger partial charge in [-0.15, -0.1) is 0 Å². The third kappa shape index (κ3) is 3.68. The van der Waals surface area contributed by atoms with Crippen LogP contribution < -0.4 is 10.1 Å². The lowest BCUT2D eigenvalue weighted by Gasteiger charge is -2.12. The summed E-state index contributed by atoms with van der Waals surface area (Å²) in [5, 5.41) is 3.14. The first kappa shape index (κ1) is 22.2. The maximum absolute atomic E-state index is 14.1. The van der Waals surface area contributed by atoms with Gasteiger partial charge in [-0.1, -0.05) is 72.3 Å². The molecule has 3 aromatic carbocycles. The summed E-state index contributed by atoms with van der Waals surface area (Å²) in [5.74, 6) is 0.494. The molecule has 0 bridgehead atoms. The number of carbonyl (C=O) groups is 1. The molecule has 3 heterocycles. The maximum atomic E-state index is 14.1. The van der Waals surface area contributed by atoms with Crippen molar-refractivity contribution < 1.29 is 9.53 Å². The molecule has 0 unspecified atom stereocenters. The molecule has 0 fully saturated rings. The normalized spacial score (nSPS) is 12.9. The molecule has 0 saturated heterocycles. The van der Waals surface area contributed by atoms with Crippen LogP contribution in [-0.4, -0.2) is 22.0 Å². The summed E-state index contributed by atoms with van der Waals surface area (Å²) in [7, 11) is 1.62. The highest BCUT2D eigenvalue weighted by Crippen LogP contribution is 2.40. The Hall–Kier alpha value is -4.25. The lowest BCUT2D eigenvalue weighted by atomic mass is 9.97. The van der Waals surface area contributed by atoms with E-state index in [1.54, 1.807) is 7.11 Å². The molecule has 0 saturated carbocycles. The Kier molecular flexibility index (Phi) is 5.61. The molecule has 5 nitrogen and oxygen atoms in total. The highest BCUT2D eigenvalue weighted by Gasteiger charge is 2.29. The van der Waals surface area contributed by atoms with Gasteiger partial charge < -0.3 is 14.6 Å². The van der Waals surface area contributed by atoms with Gasteiger partial charge in [-0.3, -0.25) is 9.20 Å². The lowest BCUT2D eigenvalue weighted by Crippen LogP contribution is -2.16. The predicted octanol–water partition coefficient (Wildman–Crippen LogP) is 6.98. The third-order valence-electron chi connectivity index (χ3n) is 7.11. The predicted molar refractivity (Wildman–Crippen MR) is 145 cm³/mol. The number of hydrogen-bond acceptors (Lipinski definition) is 2. The van der Waals surface area contributed by atoms with Gasteiger partial charge in [0.1, 0.15) is 17.1 Å². The minimum absolute atomic E-state index is 0.145. The quantitative estimate of drug-likeness (QED) is 0.298. The topological polar surface area (TPSA) is 47.7 Å². The molecule has 2 aromatic heterocycles. The van der Waals surface area contributed by atoms with E-state index in [4.69, 9.17) is 4.74 Å². The van der Waals surface area contributed by atoms with Crippen LogP contribution in [0.1, 0.15) is 34.5 Å². The molecule has 6 rings (SSSR count). The van der Waals surface area contributed by atoms with E-state index >= 15 is 0 Å². The fourth-order valence-electron chi connectivity index (χ4n) is 5.41. The number of hydrogen-bond donors (Lipinski definition) is 1. The van der Waals surface area contributed by atoms with Crippen LogP contribution in [0.15, 0.2) is 85.1 Å². The van der Waals surface area contributed by atoms with Crippen molar-refractivity contribution in [3.63, 3.8) is 0 Å². The molecule has 0 aliphatic carbocycles. The number of benzene rings is 3. The Balaban J connectivity index is 1.61. The van der Waals surface area contributed by atoms with Crippen LogP contribution in [0.25, 0.3) is 28.0 Å². The minimum atomic E-state index is -0.145. The zero-order chi connectivity index (χ0) is 24.6. The van der Waals surface area contributed by atoms with Crippen molar-refractivity contribution in [2.75, 3.05) is 12.4 Å². The Bertz CT molecular complexity index is 1560. The monoisotopic (exact) mass is 475 g/mol. The Morgan fingerprint density at radius 3 is 2.42 bits per heavy atom. The summed E-state index contributed by atoms with van der Waals surface area (Å²) >= 11 is 0. The average Bonchev–Trinajstić information content (AvgIpc) is 3.33. The van der Waals surface area contributed by atoms with Crippen molar-refractivity contribution in [3.05, 3.63) is 102 Å². The molecule has 0 atom stereocenters. The first-order valence-corrected chi connectivity index (χ1v) is 12.5. The maximum Gasteiger partial charge on any atom is 0.273 e. The summed E-state index contributed by atoms with van der Waals surface area (Å²) in [6.07, 6.45) is 5.26. The van der Waals surface area contributed by atoms with Gasteiger partial charge in [-0.05, 0) is 49.4 Å². The number of aryl methyl sites for hydroxylation is 3. The number of methoxy groups -OCH3 is 1. The summed E-state index contributed by atoms with van der Waals surface area (Å²) in [6, 6.07) is 26.5. The second kappa shape index (κ2) is 9.08. The van der Waals surface area contributed by atoms with Crippen LogP contribution in [0.4, 0.5) is 5.69 Å². The Morgan fingerprint density at radius 1 is 0.889 bits per heavy atom. The van der Waals surface area contributed by atoms with Crippen LogP contribution in [0.5, 0.6) is 5.75 Å². The zero-order valence-electron chi connectivity index (χ0n) is 20.6. The first-order valence-electron chi connectivity index (χ1n) is 12.5. The van der Waals surface area contributed by atoms with Crippen molar-refractivity contribution in [2.45, 2.75) is 32.7 Å². The number of carbonyl (C=O) groups excluding carboxylic acids is 1.